The maximum absolute atomic E-state index is 12.9. The number of amides is 1. The van der Waals surface area contributed by atoms with Crippen molar-refractivity contribution in [2.24, 2.45) is 0 Å². The van der Waals surface area contributed by atoms with Crippen molar-refractivity contribution in [1.82, 2.24) is 9.21 Å². The van der Waals surface area contributed by atoms with Crippen LogP contribution in [0.1, 0.15) is 51.0 Å². The lowest BCUT2D eigenvalue weighted by Gasteiger charge is -2.34. The number of carbonyl (C=O) groups is 1. The van der Waals surface area contributed by atoms with E-state index in [1.165, 1.54) is 4.31 Å². The highest BCUT2D eigenvalue weighted by molar-refractivity contribution is 7.89. The fourth-order valence-corrected chi connectivity index (χ4v) is 5.08. The zero-order valence-electron chi connectivity index (χ0n) is 16.3. The number of nitrogens with zero attached hydrogens (tertiary/aromatic N) is 2. The predicted octanol–water partition coefficient (Wildman–Crippen LogP) is 2.60. The third kappa shape index (κ3) is 4.70. The van der Waals surface area contributed by atoms with Crippen LogP contribution in [0.25, 0.3) is 0 Å². The largest absolute Gasteiger partial charge is 0.378 e. The summed E-state index contributed by atoms with van der Waals surface area (Å²) >= 11 is 0. The minimum atomic E-state index is -3.51. The molecule has 6 nitrogen and oxygen atoms in total. The summed E-state index contributed by atoms with van der Waals surface area (Å²) in [5, 5.41) is 0. The molecule has 150 valence electrons. The monoisotopic (exact) mass is 394 g/mol. The number of hydrogen-bond donors (Lipinski definition) is 0. The number of piperazine rings is 1. The molecule has 2 aliphatic rings. The summed E-state index contributed by atoms with van der Waals surface area (Å²) in [5.74, 6) is 0.483. The van der Waals surface area contributed by atoms with Crippen LogP contribution in [0.3, 0.4) is 0 Å². The van der Waals surface area contributed by atoms with Crippen molar-refractivity contribution in [2.45, 2.75) is 56.4 Å². The van der Waals surface area contributed by atoms with Gasteiger partial charge in [-0.3, -0.25) is 4.79 Å². The molecule has 0 saturated carbocycles. The first-order valence-corrected chi connectivity index (χ1v) is 11.3. The van der Waals surface area contributed by atoms with Gasteiger partial charge in [-0.25, -0.2) is 8.42 Å². The second-order valence-corrected chi connectivity index (χ2v) is 9.44. The van der Waals surface area contributed by atoms with Gasteiger partial charge in [-0.05, 0) is 42.9 Å². The van der Waals surface area contributed by atoms with Gasteiger partial charge in [0, 0.05) is 32.8 Å². The summed E-state index contributed by atoms with van der Waals surface area (Å²) in [6.45, 7) is 6.55. The third-order valence-corrected chi connectivity index (χ3v) is 7.63. The number of carbonyl (C=O) groups excluding carboxylic acids is 1. The Balaban J connectivity index is 1.58. The van der Waals surface area contributed by atoms with Gasteiger partial charge >= 0.3 is 0 Å². The molecule has 0 spiro atoms. The van der Waals surface area contributed by atoms with E-state index in [1.807, 2.05) is 12.1 Å². The summed E-state index contributed by atoms with van der Waals surface area (Å²) in [5.41, 5.74) is 1.15. The molecule has 2 fully saturated rings. The van der Waals surface area contributed by atoms with E-state index in [0.29, 0.717) is 43.4 Å². The Labute approximate surface area is 162 Å². The molecule has 7 heteroatoms. The Hall–Kier alpha value is -1.44. The number of sulfonamides is 1. The fourth-order valence-electron chi connectivity index (χ4n) is 3.66. The molecule has 0 bridgehead atoms. The van der Waals surface area contributed by atoms with Crippen LogP contribution in [-0.4, -0.2) is 62.4 Å². The highest BCUT2D eigenvalue weighted by atomic mass is 32.2. The van der Waals surface area contributed by atoms with E-state index in [-0.39, 0.29) is 12.0 Å². The maximum Gasteiger partial charge on any atom is 0.243 e. The first-order chi connectivity index (χ1) is 12.9. The number of hydrogen-bond acceptors (Lipinski definition) is 4. The van der Waals surface area contributed by atoms with Gasteiger partial charge in [0.05, 0.1) is 17.4 Å². The zero-order chi connectivity index (χ0) is 19.4. The van der Waals surface area contributed by atoms with Crippen LogP contribution in [-0.2, 0) is 19.6 Å². The molecule has 1 amide bonds. The Bertz CT molecular complexity index is 734. The molecule has 0 aliphatic carbocycles. The van der Waals surface area contributed by atoms with Gasteiger partial charge in [0.15, 0.2) is 0 Å². The molecular formula is C20H30N2O4S. The van der Waals surface area contributed by atoms with Gasteiger partial charge in [0.2, 0.25) is 15.9 Å². The van der Waals surface area contributed by atoms with Crippen LogP contribution in [0.15, 0.2) is 29.2 Å². The number of rotatable bonds is 6. The molecule has 0 N–H and O–H groups in total. The molecular weight excluding hydrogens is 364 g/mol. The molecule has 27 heavy (non-hydrogen) atoms. The minimum Gasteiger partial charge on any atom is -0.378 e. The maximum atomic E-state index is 12.9. The molecule has 2 heterocycles. The van der Waals surface area contributed by atoms with E-state index < -0.39 is 10.0 Å². The fraction of sp³-hybridized carbons (Fsp3) is 0.650. The molecule has 2 unspecified atom stereocenters. The van der Waals surface area contributed by atoms with Crippen molar-refractivity contribution in [3.63, 3.8) is 0 Å². The molecule has 0 aromatic heterocycles. The average Bonchev–Trinajstić information content (AvgIpc) is 3.20. The van der Waals surface area contributed by atoms with Crippen LogP contribution in [0, 0.1) is 0 Å². The van der Waals surface area contributed by atoms with E-state index in [4.69, 9.17) is 4.74 Å². The molecule has 1 aromatic rings. The van der Waals surface area contributed by atoms with E-state index in [2.05, 4.69) is 13.8 Å². The molecule has 2 atom stereocenters. The lowest BCUT2D eigenvalue weighted by molar-refractivity contribution is -0.134. The second kappa shape index (κ2) is 8.71. The van der Waals surface area contributed by atoms with E-state index >= 15 is 0 Å². The predicted molar refractivity (Wildman–Crippen MR) is 104 cm³/mol. The average molecular weight is 395 g/mol. The quantitative estimate of drug-likeness (QED) is 0.744. The molecule has 3 rings (SSSR count). The van der Waals surface area contributed by atoms with Crippen LogP contribution in [0.4, 0.5) is 0 Å². The molecule has 0 radical (unpaired) electrons. The molecule has 2 aliphatic heterocycles. The van der Waals surface area contributed by atoms with Crippen LogP contribution < -0.4 is 0 Å². The lowest BCUT2D eigenvalue weighted by atomic mass is 9.99. The SMILES string of the molecule is CCC(C)c1ccc(S(=O)(=O)N2CCN(C(=O)CC3CCCO3)CC2)cc1. The second-order valence-electron chi connectivity index (χ2n) is 7.50. The van der Waals surface area contributed by atoms with Crippen molar-refractivity contribution < 1.29 is 17.9 Å². The first-order valence-electron chi connectivity index (χ1n) is 9.91. The summed E-state index contributed by atoms with van der Waals surface area (Å²) < 4.78 is 32.8. The number of benzene rings is 1. The molecule has 1 aromatic carbocycles. The highest BCUT2D eigenvalue weighted by Crippen LogP contribution is 2.23. The standard InChI is InChI=1S/C20H30N2O4S/c1-3-16(2)17-6-8-19(9-7-17)27(24,25)22-12-10-21(11-13-22)20(23)15-18-5-4-14-26-18/h6-9,16,18H,3-5,10-15H2,1-2H3. The van der Waals surface area contributed by atoms with Gasteiger partial charge in [-0.15, -0.1) is 0 Å². The van der Waals surface area contributed by atoms with Crippen molar-refractivity contribution in [3.8, 4) is 0 Å². The molecule has 2 saturated heterocycles. The summed E-state index contributed by atoms with van der Waals surface area (Å²) in [6, 6.07) is 7.21. The zero-order valence-corrected chi connectivity index (χ0v) is 17.1. The van der Waals surface area contributed by atoms with E-state index in [0.717, 1.165) is 31.4 Å². The van der Waals surface area contributed by atoms with Gasteiger partial charge in [-0.1, -0.05) is 26.0 Å². The van der Waals surface area contributed by atoms with Gasteiger partial charge < -0.3 is 9.64 Å². The van der Waals surface area contributed by atoms with E-state index in [9.17, 15) is 13.2 Å². The number of ether oxygens (including phenoxy) is 1. The lowest BCUT2D eigenvalue weighted by Crippen LogP contribution is -2.50. The van der Waals surface area contributed by atoms with Crippen molar-refractivity contribution in [1.29, 1.82) is 0 Å². The normalized spacial score (nSPS) is 22.7. The Morgan fingerprint density at radius 2 is 1.85 bits per heavy atom. The van der Waals surface area contributed by atoms with Crippen molar-refractivity contribution >= 4 is 15.9 Å². The van der Waals surface area contributed by atoms with Gasteiger partial charge in [0.1, 0.15) is 0 Å². The van der Waals surface area contributed by atoms with Gasteiger partial charge in [-0.2, -0.15) is 4.31 Å². The van der Waals surface area contributed by atoms with Crippen LogP contribution >= 0.6 is 0 Å². The summed E-state index contributed by atoms with van der Waals surface area (Å²) in [7, 11) is -3.51. The highest BCUT2D eigenvalue weighted by Gasteiger charge is 2.31. The Morgan fingerprint density at radius 3 is 2.41 bits per heavy atom. The first kappa shape index (κ1) is 20.3. The van der Waals surface area contributed by atoms with Gasteiger partial charge in [0.25, 0.3) is 0 Å². The minimum absolute atomic E-state index is 0.0308. The van der Waals surface area contributed by atoms with Crippen molar-refractivity contribution in [3.05, 3.63) is 29.8 Å². The van der Waals surface area contributed by atoms with E-state index in [1.54, 1.807) is 17.0 Å². The topological polar surface area (TPSA) is 66.9 Å². The Kier molecular flexibility index (Phi) is 6.55. The van der Waals surface area contributed by atoms with Crippen LogP contribution in [0.2, 0.25) is 0 Å². The van der Waals surface area contributed by atoms with Crippen LogP contribution in [0.5, 0.6) is 0 Å². The third-order valence-electron chi connectivity index (χ3n) is 5.72. The Morgan fingerprint density at radius 1 is 1.19 bits per heavy atom. The van der Waals surface area contributed by atoms with Crippen molar-refractivity contribution in [2.75, 3.05) is 32.8 Å². The summed E-state index contributed by atoms with van der Waals surface area (Å²) in [6.07, 6.45) is 3.41. The summed E-state index contributed by atoms with van der Waals surface area (Å²) in [4.78, 5) is 14.5. The smallest absolute Gasteiger partial charge is 0.243 e.